The molecule has 0 bridgehead atoms. The van der Waals surface area contributed by atoms with Crippen LogP contribution < -0.4 is 11.3 Å². The molecule has 0 spiro atoms. The number of halogens is 1. The number of fused-ring (bicyclic) bond motifs is 1. The van der Waals surface area contributed by atoms with Crippen molar-refractivity contribution in [2.75, 3.05) is 0 Å². The third-order valence-electron chi connectivity index (χ3n) is 3.47. The second-order valence-electron chi connectivity index (χ2n) is 4.70. The van der Waals surface area contributed by atoms with Gasteiger partial charge in [0.25, 0.3) is 0 Å². The normalized spacial score (nSPS) is 12.7. The Morgan fingerprint density at radius 2 is 1.85 bits per heavy atom. The van der Waals surface area contributed by atoms with Gasteiger partial charge in [-0.2, -0.15) is 0 Å². The first-order chi connectivity index (χ1) is 9.79. The molecule has 102 valence electrons. The molecule has 0 radical (unpaired) electrons. The molecule has 0 saturated carbocycles. The van der Waals surface area contributed by atoms with E-state index in [1.165, 1.54) is 15.6 Å². The summed E-state index contributed by atoms with van der Waals surface area (Å²) in [7, 11) is 0. The third kappa shape index (κ3) is 2.58. The van der Waals surface area contributed by atoms with Crippen LogP contribution in [0, 0.1) is 0 Å². The van der Waals surface area contributed by atoms with Crippen molar-refractivity contribution < 1.29 is 0 Å². The van der Waals surface area contributed by atoms with E-state index < -0.39 is 0 Å². The van der Waals surface area contributed by atoms with E-state index in [-0.39, 0.29) is 6.04 Å². The summed E-state index contributed by atoms with van der Waals surface area (Å²) in [4.78, 5) is 0. The van der Waals surface area contributed by atoms with Gasteiger partial charge in [0.1, 0.15) is 0 Å². The first kappa shape index (κ1) is 13.6. The first-order valence-electron chi connectivity index (χ1n) is 6.45. The molecule has 0 fully saturated rings. The van der Waals surface area contributed by atoms with Crippen LogP contribution in [0.15, 0.2) is 53.9 Å². The molecular weight excluding hydrogens is 288 g/mol. The van der Waals surface area contributed by atoms with Gasteiger partial charge in [0.2, 0.25) is 0 Å². The van der Waals surface area contributed by atoms with Crippen LogP contribution in [0.5, 0.6) is 0 Å². The van der Waals surface area contributed by atoms with E-state index in [1.807, 2.05) is 24.3 Å². The molecule has 0 saturated heterocycles. The standard InChI is InChI=1S/C16H15ClN2S/c17-14-7-3-1-5-11(14)9-15(19-18)13-10-20-16-8-4-2-6-12(13)16/h1-8,10,15,19H,9,18H2. The monoisotopic (exact) mass is 302 g/mol. The van der Waals surface area contributed by atoms with Crippen molar-refractivity contribution in [1.82, 2.24) is 5.43 Å². The van der Waals surface area contributed by atoms with Crippen molar-refractivity contribution in [2.45, 2.75) is 12.5 Å². The Labute approximate surface area is 127 Å². The molecule has 0 aliphatic carbocycles. The highest BCUT2D eigenvalue weighted by Gasteiger charge is 2.16. The van der Waals surface area contributed by atoms with E-state index in [1.54, 1.807) is 11.3 Å². The topological polar surface area (TPSA) is 38.0 Å². The maximum atomic E-state index is 6.24. The number of thiophene rings is 1. The van der Waals surface area contributed by atoms with Crippen molar-refractivity contribution in [3.63, 3.8) is 0 Å². The van der Waals surface area contributed by atoms with Crippen molar-refractivity contribution in [3.8, 4) is 0 Å². The van der Waals surface area contributed by atoms with Crippen molar-refractivity contribution in [2.24, 2.45) is 5.84 Å². The summed E-state index contributed by atoms with van der Waals surface area (Å²) in [5.74, 6) is 5.76. The van der Waals surface area contributed by atoms with Gasteiger partial charge >= 0.3 is 0 Å². The van der Waals surface area contributed by atoms with Gasteiger partial charge in [-0.15, -0.1) is 11.3 Å². The second kappa shape index (κ2) is 5.94. The Bertz CT molecular complexity index is 723. The van der Waals surface area contributed by atoms with Gasteiger partial charge in [0.05, 0.1) is 6.04 Å². The van der Waals surface area contributed by atoms with E-state index >= 15 is 0 Å². The fourth-order valence-electron chi connectivity index (χ4n) is 2.41. The number of nitrogens with two attached hydrogens (primary N) is 1. The maximum Gasteiger partial charge on any atom is 0.0515 e. The quantitative estimate of drug-likeness (QED) is 0.557. The summed E-state index contributed by atoms with van der Waals surface area (Å²) in [6.45, 7) is 0. The number of rotatable bonds is 4. The molecule has 1 heterocycles. The minimum Gasteiger partial charge on any atom is -0.271 e. The first-order valence-corrected chi connectivity index (χ1v) is 7.71. The maximum absolute atomic E-state index is 6.24. The minimum atomic E-state index is 0.0612. The Kier molecular flexibility index (Phi) is 4.03. The van der Waals surface area contributed by atoms with Crippen LogP contribution in [0.3, 0.4) is 0 Å². The number of hydrazine groups is 1. The highest BCUT2D eigenvalue weighted by atomic mass is 35.5. The SMILES string of the molecule is NNC(Cc1ccccc1Cl)c1csc2ccccc12. The molecule has 0 aliphatic heterocycles. The number of hydrogen-bond acceptors (Lipinski definition) is 3. The van der Waals surface area contributed by atoms with Gasteiger partial charge in [-0.1, -0.05) is 48.0 Å². The van der Waals surface area contributed by atoms with E-state index in [9.17, 15) is 0 Å². The van der Waals surface area contributed by atoms with Gasteiger partial charge in [-0.25, -0.2) is 0 Å². The minimum absolute atomic E-state index is 0.0612. The van der Waals surface area contributed by atoms with E-state index in [4.69, 9.17) is 17.4 Å². The van der Waals surface area contributed by atoms with Crippen LogP contribution in [-0.4, -0.2) is 0 Å². The largest absolute Gasteiger partial charge is 0.271 e. The smallest absolute Gasteiger partial charge is 0.0515 e. The Hall–Kier alpha value is -1.39. The van der Waals surface area contributed by atoms with E-state index in [0.29, 0.717) is 0 Å². The summed E-state index contributed by atoms with van der Waals surface area (Å²) in [5.41, 5.74) is 5.25. The average molecular weight is 303 g/mol. The fraction of sp³-hybridized carbons (Fsp3) is 0.125. The Balaban J connectivity index is 1.96. The summed E-state index contributed by atoms with van der Waals surface area (Å²) in [5, 5.41) is 4.21. The molecule has 2 aromatic carbocycles. The lowest BCUT2D eigenvalue weighted by Gasteiger charge is -2.16. The van der Waals surface area contributed by atoms with Crippen molar-refractivity contribution in [1.29, 1.82) is 0 Å². The van der Waals surface area contributed by atoms with Gasteiger partial charge < -0.3 is 0 Å². The predicted octanol–water partition coefficient (Wildman–Crippen LogP) is 4.30. The van der Waals surface area contributed by atoms with Crippen LogP contribution in [0.2, 0.25) is 5.02 Å². The van der Waals surface area contributed by atoms with Crippen molar-refractivity contribution >= 4 is 33.0 Å². The van der Waals surface area contributed by atoms with Gasteiger partial charge in [-0.05, 0) is 40.4 Å². The summed E-state index contributed by atoms with van der Waals surface area (Å²) < 4.78 is 1.28. The molecule has 2 nitrogen and oxygen atoms in total. The molecule has 3 aromatic rings. The molecule has 3 N–H and O–H groups in total. The lowest BCUT2D eigenvalue weighted by Crippen LogP contribution is -2.29. The summed E-state index contributed by atoms with van der Waals surface area (Å²) in [6.07, 6.45) is 0.775. The van der Waals surface area contributed by atoms with Crippen LogP contribution in [-0.2, 0) is 6.42 Å². The van der Waals surface area contributed by atoms with Gasteiger partial charge in [-0.3, -0.25) is 11.3 Å². The molecule has 0 aliphatic rings. The van der Waals surface area contributed by atoms with Crippen LogP contribution >= 0.6 is 22.9 Å². The molecule has 0 amide bonds. The summed E-state index contributed by atoms with van der Waals surface area (Å²) >= 11 is 7.98. The molecule has 1 aromatic heterocycles. The second-order valence-corrected chi connectivity index (χ2v) is 6.02. The van der Waals surface area contributed by atoms with Crippen LogP contribution in [0.4, 0.5) is 0 Å². The zero-order valence-corrected chi connectivity index (χ0v) is 12.4. The lowest BCUT2D eigenvalue weighted by atomic mass is 9.99. The van der Waals surface area contributed by atoms with E-state index in [2.05, 4.69) is 35.1 Å². The highest BCUT2D eigenvalue weighted by molar-refractivity contribution is 7.17. The van der Waals surface area contributed by atoms with Crippen LogP contribution in [0.1, 0.15) is 17.2 Å². The van der Waals surface area contributed by atoms with Crippen molar-refractivity contribution in [3.05, 3.63) is 70.1 Å². The zero-order valence-electron chi connectivity index (χ0n) is 10.8. The van der Waals surface area contributed by atoms with Crippen LogP contribution in [0.25, 0.3) is 10.1 Å². The fourth-order valence-corrected chi connectivity index (χ4v) is 3.64. The molecular formula is C16H15ClN2S. The Morgan fingerprint density at radius 3 is 2.65 bits per heavy atom. The highest BCUT2D eigenvalue weighted by Crippen LogP contribution is 2.32. The predicted molar refractivity (Wildman–Crippen MR) is 87.0 cm³/mol. The Morgan fingerprint density at radius 1 is 1.10 bits per heavy atom. The van der Waals surface area contributed by atoms with Gasteiger partial charge in [0, 0.05) is 9.72 Å². The zero-order chi connectivity index (χ0) is 13.9. The molecule has 3 rings (SSSR count). The van der Waals surface area contributed by atoms with Gasteiger partial charge in [0.15, 0.2) is 0 Å². The number of benzene rings is 2. The third-order valence-corrected chi connectivity index (χ3v) is 4.82. The molecule has 20 heavy (non-hydrogen) atoms. The average Bonchev–Trinajstić information content (AvgIpc) is 2.90. The molecule has 4 heteroatoms. The molecule has 1 unspecified atom stereocenters. The molecule has 1 atom stereocenters. The number of nitrogens with one attached hydrogen (secondary N) is 1. The lowest BCUT2D eigenvalue weighted by molar-refractivity contribution is 0.557. The summed E-state index contributed by atoms with van der Waals surface area (Å²) in [6, 6.07) is 16.3. The number of hydrogen-bond donors (Lipinski definition) is 2. The van der Waals surface area contributed by atoms with E-state index in [0.717, 1.165) is 17.0 Å².